The zero-order valence-electron chi connectivity index (χ0n) is 33.5. The normalized spacial score (nSPS) is 39.7. The predicted octanol–water partition coefficient (Wildman–Crippen LogP) is 6.66. The van der Waals surface area contributed by atoms with Gasteiger partial charge in [0.1, 0.15) is 17.5 Å². The van der Waals surface area contributed by atoms with Crippen LogP contribution in [0.25, 0.3) is 0 Å². The van der Waals surface area contributed by atoms with E-state index < -0.39 is 64.6 Å². The molecule has 4 rings (SSSR count). The van der Waals surface area contributed by atoms with Crippen molar-refractivity contribution in [3.63, 3.8) is 0 Å². The van der Waals surface area contributed by atoms with E-state index in [4.69, 9.17) is 14.2 Å². The molecule has 2 aliphatic carbocycles. The molecule has 0 aromatic rings. The van der Waals surface area contributed by atoms with E-state index in [9.17, 15) is 34.2 Å². The molecule has 0 saturated carbocycles. The van der Waals surface area contributed by atoms with Crippen molar-refractivity contribution in [2.75, 3.05) is 7.11 Å². The topological polar surface area (TPSA) is 154 Å². The number of aliphatic hydroxyl groups is 2. The Morgan fingerprint density at radius 2 is 1.62 bits per heavy atom. The SMILES string of the molecule is COC(=O)[C@@]12CC(=O)[C@H](C(C)C)CC(=O)/C(C)=C/CC/C(C)=C\C(=O)[C@H]1CC(C)=C1C[C@H](OC(C)=O)[C@@](C)(O)[C@H]3CC[C@@](C)(O)[C@@H](CC/C(C)=C\[C@@H]12)O3. The summed E-state index contributed by atoms with van der Waals surface area (Å²) in [5.41, 5.74) is -0.945. The Hall–Kier alpha value is -3.21. The van der Waals surface area contributed by atoms with Crippen LogP contribution in [0.15, 0.2) is 46.1 Å². The highest BCUT2D eigenvalue weighted by molar-refractivity contribution is 6.02. The molecule has 0 unspecified atom stereocenters. The van der Waals surface area contributed by atoms with Gasteiger partial charge in [-0.05, 0) is 104 Å². The highest BCUT2D eigenvalue weighted by Gasteiger charge is 2.60. The fourth-order valence-electron chi connectivity index (χ4n) is 9.14. The number of Topliss-reactive ketones (excluding diaryl/α,β-unsaturated/α-hetero) is 2. The molecule has 294 valence electrons. The predicted molar refractivity (Wildman–Crippen MR) is 200 cm³/mol. The summed E-state index contributed by atoms with van der Waals surface area (Å²) in [6.45, 7) is 15.7. The van der Waals surface area contributed by atoms with Crippen LogP contribution in [0.3, 0.4) is 0 Å². The summed E-state index contributed by atoms with van der Waals surface area (Å²) in [5, 5.41) is 23.6. The summed E-state index contributed by atoms with van der Waals surface area (Å²) in [4.78, 5) is 70.3. The first-order valence-corrected chi connectivity index (χ1v) is 19.3. The maximum absolute atomic E-state index is 14.8. The molecule has 0 aromatic carbocycles. The number of fused-ring (bicyclic) bond motifs is 5. The number of carbonyl (C=O) groups is 5. The maximum Gasteiger partial charge on any atom is 0.313 e. The van der Waals surface area contributed by atoms with E-state index in [-0.39, 0.29) is 49.0 Å². The Bertz CT molecular complexity index is 1590. The number of ketones is 3. The summed E-state index contributed by atoms with van der Waals surface area (Å²) in [5.74, 6) is -4.86. The lowest BCUT2D eigenvalue weighted by Crippen LogP contribution is -2.59. The van der Waals surface area contributed by atoms with Crippen LogP contribution in [0.2, 0.25) is 0 Å². The van der Waals surface area contributed by atoms with Gasteiger partial charge in [-0.1, -0.05) is 48.3 Å². The quantitative estimate of drug-likeness (QED) is 0.238. The molecule has 0 amide bonds. The van der Waals surface area contributed by atoms with Crippen LogP contribution < -0.4 is 0 Å². The van der Waals surface area contributed by atoms with Crippen molar-refractivity contribution in [3.05, 3.63) is 46.1 Å². The van der Waals surface area contributed by atoms with E-state index >= 15 is 0 Å². The Balaban J connectivity index is 2.05. The number of carbonyl (C=O) groups excluding carboxylic acids is 5. The van der Waals surface area contributed by atoms with E-state index in [2.05, 4.69) is 0 Å². The summed E-state index contributed by atoms with van der Waals surface area (Å²) >= 11 is 0. The van der Waals surface area contributed by atoms with Crippen LogP contribution >= 0.6 is 0 Å². The lowest BCUT2D eigenvalue weighted by atomic mass is 9.53. The van der Waals surface area contributed by atoms with Crippen LogP contribution in [0, 0.1) is 29.1 Å². The average molecular weight is 739 g/mol. The number of methoxy groups -OCH3 is 1. The van der Waals surface area contributed by atoms with E-state index in [0.29, 0.717) is 49.7 Å². The molecule has 1 fully saturated rings. The molecule has 0 radical (unpaired) electrons. The fourth-order valence-corrected chi connectivity index (χ4v) is 9.14. The molecule has 53 heavy (non-hydrogen) atoms. The fraction of sp³-hybridized carbons (Fsp3) is 0.698. The van der Waals surface area contributed by atoms with Crippen LogP contribution in [-0.2, 0) is 38.2 Å². The van der Waals surface area contributed by atoms with E-state index in [1.165, 1.54) is 14.0 Å². The summed E-state index contributed by atoms with van der Waals surface area (Å²) < 4.78 is 17.9. The second kappa shape index (κ2) is 16.7. The van der Waals surface area contributed by atoms with Gasteiger partial charge < -0.3 is 24.4 Å². The number of allylic oxidation sites excluding steroid dienone is 7. The molecule has 0 spiro atoms. The molecule has 2 N–H and O–H groups in total. The van der Waals surface area contributed by atoms with Crippen molar-refractivity contribution < 1.29 is 48.4 Å². The first-order valence-electron chi connectivity index (χ1n) is 19.3. The molecular formula is C43H62O10. The highest BCUT2D eigenvalue weighted by atomic mass is 16.6. The van der Waals surface area contributed by atoms with Crippen LogP contribution in [-0.4, -0.2) is 76.1 Å². The Morgan fingerprint density at radius 1 is 0.943 bits per heavy atom. The number of hydrogen-bond donors (Lipinski definition) is 2. The number of hydrogen-bond acceptors (Lipinski definition) is 10. The van der Waals surface area contributed by atoms with Crippen LogP contribution in [0.4, 0.5) is 0 Å². The number of rotatable bonds is 3. The third kappa shape index (κ3) is 9.03. The van der Waals surface area contributed by atoms with E-state index in [1.54, 1.807) is 26.8 Å². The molecule has 2 heterocycles. The first-order chi connectivity index (χ1) is 24.6. The molecular weight excluding hydrogens is 676 g/mol. The molecule has 9 atom stereocenters. The zero-order chi connectivity index (χ0) is 39.6. The third-order valence-electron chi connectivity index (χ3n) is 12.6. The largest absolute Gasteiger partial charge is 0.469 e. The minimum absolute atomic E-state index is 0.00736. The third-order valence-corrected chi connectivity index (χ3v) is 12.6. The second-order valence-corrected chi connectivity index (χ2v) is 17.1. The summed E-state index contributed by atoms with van der Waals surface area (Å²) in [6.07, 6.45) is 5.18. The van der Waals surface area contributed by atoms with Gasteiger partial charge in [-0.25, -0.2) is 0 Å². The van der Waals surface area contributed by atoms with Crippen molar-refractivity contribution in [2.45, 2.75) is 156 Å². The van der Waals surface area contributed by atoms with Crippen LogP contribution in [0.5, 0.6) is 0 Å². The number of esters is 2. The van der Waals surface area contributed by atoms with Gasteiger partial charge in [0.25, 0.3) is 0 Å². The Labute approximate surface area is 315 Å². The van der Waals surface area contributed by atoms with Gasteiger partial charge in [0.05, 0.1) is 30.3 Å². The van der Waals surface area contributed by atoms with Crippen molar-refractivity contribution in [1.29, 1.82) is 0 Å². The molecule has 1 saturated heterocycles. The molecule has 2 aliphatic heterocycles. The van der Waals surface area contributed by atoms with E-state index in [1.807, 2.05) is 46.8 Å². The van der Waals surface area contributed by atoms with Crippen LogP contribution in [0.1, 0.15) is 127 Å². The van der Waals surface area contributed by atoms with Crippen molar-refractivity contribution in [2.24, 2.45) is 29.1 Å². The lowest BCUT2D eigenvalue weighted by Gasteiger charge is -2.50. The van der Waals surface area contributed by atoms with Crippen molar-refractivity contribution in [1.82, 2.24) is 0 Å². The van der Waals surface area contributed by atoms with Gasteiger partial charge in [-0.15, -0.1) is 0 Å². The van der Waals surface area contributed by atoms with Gasteiger partial charge in [-0.2, -0.15) is 0 Å². The van der Waals surface area contributed by atoms with Crippen molar-refractivity contribution in [3.8, 4) is 0 Å². The molecule has 4 aliphatic rings. The molecule has 10 heteroatoms. The zero-order valence-corrected chi connectivity index (χ0v) is 33.5. The molecule has 0 aromatic heterocycles. The second-order valence-electron chi connectivity index (χ2n) is 17.1. The minimum Gasteiger partial charge on any atom is -0.469 e. The van der Waals surface area contributed by atoms with Gasteiger partial charge in [0.2, 0.25) is 0 Å². The lowest BCUT2D eigenvalue weighted by molar-refractivity contribution is -0.239. The minimum atomic E-state index is -1.73. The summed E-state index contributed by atoms with van der Waals surface area (Å²) in [6, 6.07) is 0. The van der Waals surface area contributed by atoms with E-state index in [0.717, 1.165) is 16.7 Å². The maximum atomic E-state index is 14.8. The van der Waals surface area contributed by atoms with Gasteiger partial charge in [-0.3, -0.25) is 24.0 Å². The monoisotopic (exact) mass is 738 g/mol. The Kier molecular flexibility index (Phi) is 13.4. The average Bonchev–Trinajstić information content (AvgIpc) is 3.06. The smallest absolute Gasteiger partial charge is 0.313 e. The highest BCUT2D eigenvalue weighted by Crippen LogP contribution is 2.56. The summed E-state index contributed by atoms with van der Waals surface area (Å²) in [7, 11) is 1.26. The molecule has 2 bridgehead atoms. The Morgan fingerprint density at radius 3 is 2.25 bits per heavy atom. The first kappa shape index (κ1) is 42.5. The number of ether oxygens (including phenoxy) is 3. The van der Waals surface area contributed by atoms with Gasteiger partial charge in [0.15, 0.2) is 11.6 Å². The van der Waals surface area contributed by atoms with Gasteiger partial charge in [0, 0.05) is 43.9 Å². The molecule has 10 nitrogen and oxygen atoms in total. The standard InChI is InChI=1S/C43H62O10/c1-24(2)30-21-34(45)27(5)13-11-12-25(3)19-35(46)33-20-28(6)31-22-39(52-29(7)44)42(9,50)38-16-17-41(8,49)37(53-38)15-14-26(4)18-32(31)43(33,23-36(30)47)40(48)51-10/h13,18-19,24,30,32-33,37-39,49-50H,11-12,14-17,20-23H2,1-10H3/b25-19-,26-18-,27-13+/t30-,32-,33+,37+,38+,39-,41+,42-,43+/m0/s1. The van der Waals surface area contributed by atoms with Gasteiger partial charge >= 0.3 is 11.9 Å². The van der Waals surface area contributed by atoms with Crippen molar-refractivity contribution >= 4 is 29.3 Å².